The quantitative estimate of drug-likeness (QED) is 0.0313. The molecule has 30 heteroatoms. The van der Waals surface area contributed by atoms with E-state index in [9.17, 15) is 62.7 Å². The molecule has 356 valence electrons. The summed E-state index contributed by atoms with van der Waals surface area (Å²) in [5.74, 6) is -1.99. The molecule has 0 radical (unpaired) electrons. The number of hydrogen-bond acceptors (Lipinski definition) is 19. The van der Waals surface area contributed by atoms with Crippen LogP contribution in [0.4, 0.5) is 5.82 Å². The van der Waals surface area contributed by atoms with Gasteiger partial charge < -0.3 is 56.0 Å². The largest absolute Gasteiger partial charge is 0.481 e. The van der Waals surface area contributed by atoms with Crippen molar-refractivity contribution in [2.75, 3.05) is 37.8 Å². The monoisotopic (exact) mass is 977 g/mol. The van der Waals surface area contributed by atoms with Crippen LogP contribution < -0.4 is 16.4 Å². The molecule has 7 unspecified atom stereocenters. The Labute approximate surface area is 365 Å². The van der Waals surface area contributed by atoms with E-state index in [-0.39, 0.29) is 48.0 Å². The number of carbonyl (C=O) groups is 4. The normalized spacial score (nSPS) is 20.6. The highest BCUT2D eigenvalue weighted by molar-refractivity contribution is 8.14. The molecule has 3 heterocycles. The van der Waals surface area contributed by atoms with Crippen molar-refractivity contribution in [1.82, 2.24) is 30.2 Å². The SMILES string of the molecule is CC(C)(COP(=O)(O)OP(=O)(O)OCC1OC(n2cnc3c(N)ncnc32)C(O)C1OP(=O)(O)O)C(O)C(=O)NCCC(=O)NCCSC(=O)/C=C/CCCCCCCCC(=O)O. The van der Waals surface area contributed by atoms with Crippen LogP contribution in [0.15, 0.2) is 24.8 Å². The number of anilines is 1. The number of ether oxygens (including phenoxy) is 1. The standard InChI is InChI=1S/C33H54N7O19P3S/c1-33(2,28(46)31(47)36-14-13-22(41)35-15-16-63-24(44)12-10-8-6-4-3-5-7-9-11-23(42)43)18-56-62(53,54)59-61(51,52)55-17-21-27(58-60(48,49)50)26(45)32(57-21)40-20-39-25-29(34)37-19-38-30(25)40/h10,12,19-21,26-28,32,45-46H,3-9,11,13-18H2,1-2H3,(H,35,41)(H,36,47)(H,42,43)(H,51,52)(H,53,54)(H2,34,37,38)(H2,48,49,50)/b12-10+. The number of carboxylic acid groups (broad SMARTS) is 1. The predicted octanol–water partition coefficient (Wildman–Crippen LogP) is 1.43. The molecule has 11 N–H and O–H groups in total. The number of fused-ring (bicyclic) bond motifs is 1. The number of carboxylic acids is 1. The van der Waals surface area contributed by atoms with Gasteiger partial charge in [0.25, 0.3) is 0 Å². The molecular weight excluding hydrogens is 923 g/mol. The molecule has 63 heavy (non-hydrogen) atoms. The summed E-state index contributed by atoms with van der Waals surface area (Å²) in [6, 6.07) is 0. The van der Waals surface area contributed by atoms with Crippen LogP contribution in [0.25, 0.3) is 11.2 Å². The van der Waals surface area contributed by atoms with E-state index in [0.717, 1.165) is 67.5 Å². The number of aliphatic hydroxyl groups is 2. The van der Waals surface area contributed by atoms with Crippen LogP contribution in [0.1, 0.15) is 77.9 Å². The van der Waals surface area contributed by atoms with Crippen molar-refractivity contribution in [3.05, 3.63) is 24.8 Å². The Morgan fingerprint density at radius 3 is 2.32 bits per heavy atom. The molecule has 2 amide bonds. The van der Waals surface area contributed by atoms with E-state index in [4.69, 9.17) is 24.6 Å². The third kappa shape index (κ3) is 19.0. The molecule has 0 saturated carbocycles. The molecule has 2 aromatic heterocycles. The summed E-state index contributed by atoms with van der Waals surface area (Å²) >= 11 is 1.02. The fourth-order valence-corrected chi connectivity index (χ4v) is 9.18. The zero-order chi connectivity index (χ0) is 47.0. The van der Waals surface area contributed by atoms with Gasteiger partial charge in [0.1, 0.15) is 36.3 Å². The lowest BCUT2D eigenvalue weighted by atomic mass is 9.87. The number of amides is 2. The number of phosphoric ester groups is 3. The Hall–Kier alpha value is -3.23. The molecule has 0 aromatic carbocycles. The highest BCUT2D eigenvalue weighted by Gasteiger charge is 2.50. The van der Waals surface area contributed by atoms with Crippen molar-refractivity contribution < 1.29 is 90.4 Å². The zero-order valence-electron chi connectivity index (χ0n) is 34.2. The summed E-state index contributed by atoms with van der Waals surface area (Å²) in [7, 11) is -16.4. The van der Waals surface area contributed by atoms with Gasteiger partial charge in [-0.05, 0) is 25.3 Å². The molecule has 3 rings (SSSR count). The number of nitrogens with two attached hydrogens (primary N) is 1. The number of allylic oxidation sites excluding steroid dienone is 1. The second-order valence-electron chi connectivity index (χ2n) is 14.7. The average molecular weight is 978 g/mol. The summed E-state index contributed by atoms with van der Waals surface area (Å²) < 4.78 is 62.2. The first-order valence-electron chi connectivity index (χ1n) is 19.4. The van der Waals surface area contributed by atoms with Crippen LogP contribution in [0, 0.1) is 5.41 Å². The number of aliphatic carboxylic acids is 1. The first-order valence-corrected chi connectivity index (χ1v) is 24.9. The number of aromatic nitrogens is 4. The summed E-state index contributed by atoms with van der Waals surface area (Å²) in [4.78, 5) is 98.4. The molecule has 1 aliphatic rings. The number of nitrogens with zero attached hydrogens (tertiary/aromatic N) is 4. The zero-order valence-corrected chi connectivity index (χ0v) is 37.7. The first-order chi connectivity index (χ1) is 29.4. The smallest absolute Gasteiger partial charge is 0.481 e. The minimum Gasteiger partial charge on any atom is -0.481 e. The van der Waals surface area contributed by atoms with Crippen LogP contribution in [0.2, 0.25) is 0 Å². The van der Waals surface area contributed by atoms with E-state index in [0.29, 0.717) is 12.2 Å². The van der Waals surface area contributed by atoms with Gasteiger partial charge in [0.15, 0.2) is 17.7 Å². The van der Waals surface area contributed by atoms with Gasteiger partial charge in [0.05, 0.1) is 19.5 Å². The minimum atomic E-state index is -5.59. The topological polar surface area (TPSA) is 401 Å². The molecule has 1 aliphatic heterocycles. The minimum absolute atomic E-state index is 0.0245. The third-order valence-electron chi connectivity index (χ3n) is 9.01. The molecule has 7 atom stereocenters. The van der Waals surface area contributed by atoms with Crippen molar-refractivity contribution in [3.8, 4) is 0 Å². The van der Waals surface area contributed by atoms with Gasteiger partial charge >= 0.3 is 29.4 Å². The Bertz CT molecular complexity index is 2040. The molecule has 0 bridgehead atoms. The molecule has 2 aromatic rings. The maximum Gasteiger partial charge on any atom is 0.481 e. The summed E-state index contributed by atoms with van der Waals surface area (Å²) in [6.45, 7) is 0.398. The molecule has 0 spiro atoms. The second-order valence-corrected chi connectivity index (χ2v) is 20.0. The second kappa shape index (κ2) is 24.9. The van der Waals surface area contributed by atoms with Crippen LogP contribution in [0.5, 0.6) is 0 Å². The number of imidazole rings is 1. The summed E-state index contributed by atoms with van der Waals surface area (Å²) in [6.07, 6.45) is 2.59. The van der Waals surface area contributed by atoms with Crippen molar-refractivity contribution in [2.24, 2.45) is 5.41 Å². The van der Waals surface area contributed by atoms with E-state index in [1.165, 1.54) is 19.9 Å². The number of carbonyl (C=O) groups excluding carboxylic acids is 3. The lowest BCUT2D eigenvalue weighted by Crippen LogP contribution is -2.46. The van der Waals surface area contributed by atoms with Crippen LogP contribution in [-0.2, 0) is 55.5 Å². The molecule has 26 nitrogen and oxygen atoms in total. The van der Waals surface area contributed by atoms with Crippen molar-refractivity contribution in [3.63, 3.8) is 0 Å². The number of nitrogens with one attached hydrogen (secondary N) is 2. The Morgan fingerprint density at radius 2 is 1.63 bits per heavy atom. The van der Waals surface area contributed by atoms with Crippen molar-refractivity contribution in [1.29, 1.82) is 0 Å². The maximum atomic E-state index is 12.7. The summed E-state index contributed by atoms with van der Waals surface area (Å²) in [5.41, 5.74) is 4.24. The van der Waals surface area contributed by atoms with E-state index in [2.05, 4.69) is 34.4 Å². The van der Waals surface area contributed by atoms with Gasteiger partial charge in [-0.15, -0.1) is 0 Å². The Morgan fingerprint density at radius 1 is 0.968 bits per heavy atom. The fraction of sp³-hybridized carbons (Fsp3) is 0.667. The van der Waals surface area contributed by atoms with Gasteiger partial charge in [-0.25, -0.2) is 28.6 Å². The molecule has 1 saturated heterocycles. The van der Waals surface area contributed by atoms with Crippen LogP contribution in [0.3, 0.4) is 0 Å². The molecule has 0 aliphatic carbocycles. The van der Waals surface area contributed by atoms with Gasteiger partial charge in [-0.3, -0.25) is 37.3 Å². The van der Waals surface area contributed by atoms with E-state index in [1.807, 2.05) is 0 Å². The van der Waals surface area contributed by atoms with Gasteiger partial charge in [-0.1, -0.05) is 57.4 Å². The highest BCUT2D eigenvalue weighted by Crippen LogP contribution is 2.61. The summed E-state index contributed by atoms with van der Waals surface area (Å²) in [5, 5.41) is 34.9. The molecule has 1 fully saturated rings. The van der Waals surface area contributed by atoms with Gasteiger partial charge in [0.2, 0.25) is 16.9 Å². The Balaban J connectivity index is 1.37. The Kier molecular flexibility index (Phi) is 21.4. The van der Waals surface area contributed by atoms with Crippen molar-refractivity contribution >= 4 is 75.1 Å². The highest BCUT2D eigenvalue weighted by atomic mass is 32.2. The number of unbranched alkanes of at least 4 members (excludes halogenated alkanes) is 6. The first kappa shape index (κ1) is 54.1. The number of nitrogen functional groups attached to an aromatic ring is 1. The number of thioether (sulfide) groups is 1. The van der Waals surface area contributed by atoms with E-state index >= 15 is 0 Å². The number of aliphatic hydroxyl groups excluding tert-OH is 2. The van der Waals surface area contributed by atoms with Gasteiger partial charge in [-0.2, -0.15) is 4.31 Å². The number of rotatable bonds is 29. The van der Waals surface area contributed by atoms with E-state index < -0.39 is 90.5 Å². The van der Waals surface area contributed by atoms with Crippen LogP contribution in [-0.4, -0.2) is 134 Å². The van der Waals surface area contributed by atoms with Crippen molar-refractivity contribution in [2.45, 2.75) is 102 Å². The maximum absolute atomic E-state index is 12.7. The van der Waals surface area contributed by atoms with Gasteiger partial charge in [0, 0.05) is 37.1 Å². The number of phosphoric acid groups is 3. The fourth-order valence-electron chi connectivity index (χ4n) is 5.75. The predicted molar refractivity (Wildman–Crippen MR) is 221 cm³/mol. The third-order valence-corrected chi connectivity index (χ3v) is 12.9. The molecular formula is C33H54N7O19P3S. The number of hydrogen-bond donors (Lipinski definition) is 10. The van der Waals surface area contributed by atoms with E-state index in [1.54, 1.807) is 6.08 Å². The van der Waals surface area contributed by atoms with Crippen LogP contribution >= 0.6 is 35.2 Å². The average Bonchev–Trinajstić information content (AvgIpc) is 3.75. The lowest BCUT2D eigenvalue weighted by Gasteiger charge is -2.30. The lowest BCUT2D eigenvalue weighted by molar-refractivity contribution is -0.137.